The number of rotatable bonds is 2. The van der Waals surface area contributed by atoms with Crippen LogP contribution >= 0.6 is 0 Å². The first-order valence-electron chi connectivity index (χ1n) is 5.78. The van der Waals surface area contributed by atoms with Gasteiger partial charge in [0.15, 0.2) is 0 Å². The minimum Gasteiger partial charge on any atom is -0.376 e. The number of benzene rings is 1. The van der Waals surface area contributed by atoms with E-state index in [0.29, 0.717) is 6.04 Å². The molecule has 0 radical (unpaired) electrons. The zero-order chi connectivity index (χ0) is 11.5. The summed E-state index contributed by atoms with van der Waals surface area (Å²) in [5.74, 6) is -0.175. The third-order valence-corrected chi connectivity index (χ3v) is 3.17. The molecule has 0 amide bonds. The molecule has 0 aromatic heterocycles. The topological polar surface area (TPSA) is 12.5 Å². The van der Waals surface area contributed by atoms with Crippen LogP contribution < -0.4 is 0 Å². The van der Waals surface area contributed by atoms with E-state index in [4.69, 9.17) is 4.74 Å². The smallest absolute Gasteiger partial charge is 0.123 e. The predicted octanol–water partition coefficient (Wildman–Crippen LogP) is 2.61. The minimum absolute atomic E-state index is 0.175. The van der Waals surface area contributed by atoms with E-state index in [1.807, 2.05) is 12.1 Å². The fraction of sp³-hybridized carbons (Fsp3) is 0.538. The average molecular weight is 223 g/mol. The molecule has 0 saturated carbocycles. The summed E-state index contributed by atoms with van der Waals surface area (Å²) >= 11 is 0. The largest absolute Gasteiger partial charge is 0.376 e. The summed E-state index contributed by atoms with van der Waals surface area (Å²) < 4.78 is 18.3. The van der Waals surface area contributed by atoms with Crippen LogP contribution in [0.4, 0.5) is 4.39 Å². The molecule has 1 aliphatic rings. The highest BCUT2D eigenvalue weighted by molar-refractivity contribution is 5.19. The Morgan fingerprint density at radius 1 is 1.38 bits per heavy atom. The van der Waals surface area contributed by atoms with Gasteiger partial charge in [0.1, 0.15) is 5.82 Å². The van der Waals surface area contributed by atoms with Gasteiger partial charge in [0.25, 0.3) is 0 Å². The maximum atomic E-state index is 12.8. The van der Waals surface area contributed by atoms with E-state index in [1.54, 1.807) is 0 Å². The first kappa shape index (κ1) is 11.6. The van der Waals surface area contributed by atoms with Crippen LogP contribution in [0.2, 0.25) is 0 Å². The van der Waals surface area contributed by atoms with Crippen LogP contribution in [0.3, 0.4) is 0 Å². The summed E-state index contributed by atoms with van der Waals surface area (Å²) in [6, 6.07) is 7.10. The molecule has 16 heavy (non-hydrogen) atoms. The fourth-order valence-corrected chi connectivity index (χ4v) is 2.15. The van der Waals surface area contributed by atoms with Crippen LogP contribution in [0.15, 0.2) is 24.3 Å². The molecule has 88 valence electrons. The SMILES string of the molecule is CC1CN(C(C)c2ccc(F)cc2)CCO1. The van der Waals surface area contributed by atoms with Gasteiger partial charge in [-0.15, -0.1) is 0 Å². The molecule has 1 fully saturated rings. The van der Waals surface area contributed by atoms with Crippen LogP contribution in [0.1, 0.15) is 25.5 Å². The molecule has 3 heteroatoms. The van der Waals surface area contributed by atoms with Crippen molar-refractivity contribution < 1.29 is 9.13 Å². The molecule has 2 unspecified atom stereocenters. The van der Waals surface area contributed by atoms with Gasteiger partial charge in [-0.05, 0) is 31.5 Å². The normalized spacial score (nSPS) is 24.3. The van der Waals surface area contributed by atoms with Crippen LogP contribution in [0.5, 0.6) is 0 Å². The van der Waals surface area contributed by atoms with E-state index in [0.717, 1.165) is 25.3 Å². The van der Waals surface area contributed by atoms with Gasteiger partial charge < -0.3 is 4.74 Å². The van der Waals surface area contributed by atoms with Crippen molar-refractivity contribution in [2.24, 2.45) is 0 Å². The standard InChI is InChI=1S/C13H18FNO/c1-10-9-15(7-8-16-10)11(2)12-3-5-13(14)6-4-12/h3-6,10-11H,7-9H2,1-2H3. The lowest BCUT2D eigenvalue weighted by Gasteiger charge is -2.35. The van der Waals surface area contributed by atoms with Crippen molar-refractivity contribution in [2.45, 2.75) is 26.0 Å². The zero-order valence-electron chi connectivity index (χ0n) is 9.82. The Labute approximate surface area is 96.0 Å². The van der Waals surface area contributed by atoms with E-state index in [1.165, 1.54) is 12.1 Å². The van der Waals surface area contributed by atoms with Crippen molar-refractivity contribution in [3.05, 3.63) is 35.6 Å². The fourth-order valence-electron chi connectivity index (χ4n) is 2.15. The predicted molar refractivity (Wildman–Crippen MR) is 61.8 cm³/mol. The van der Waals surface area contributed by atoms with Gasteiger partial charge in [-0.3, -0.25) is 4.90 Å². The summed E-state index contributed by atoms with van der Waals surface area (Å²) in [6.45, 7) is 6.92. The van der Waals surface area contributed by atoms with Crippen LogP contribution in [-0.4, -0.2) is 30.7 Å². The lowest BCUT2D eigenvalue weighted by atomic mass is 10.1. The highest BCUT2D eigenvalue weighted by atomic mass is 19.1. The Hall–Kier alpha value is -0.930. The minimum atomic E-state index is -0.175. The Balaban J connectivity index is 2.06. The average Bonchev–Trinajstić information content (AvgIpc) is 2.29. The van der Waals surface area contributed by atoms with E-state index in [9.17, 15) is 4.39 Å². The summed E-state index contributed by atoms with van der Waals surface area (Å²) in [4.78, 5) is 2.38. The van der Waals surface area contributed by atoms with E-state index in [-0.39, 0.29) is 11.9 Å². The Morgan fingerprint density at radius 3 is 2.69 bits per heavy atom. The number of hydrogen-bond donors (Lipinski definition) is 0. The van der Waals surface area contributed by atoms with E-state index in [2.05, 4.69) is 18.7 Å². The van der Waals surface area contributed by atoms with E-state index < -0.39 is 0 Å². The van der Waals surface area contributed by atoms with Crippen molar-refractivity contribution >= 4 is 0 Å². The van der Waals surface area contributed by atoms with Gasteiger partial charge in [0.05, 0.1) is 12.7 Å². The van der Waals surface area contributed by atoms with Crippen molar-refractivity contribution in [1.82, 2.24) is 4.90 Å². The van der Waals surface area contributed by atoms with Crippen LogP contribution in [0.25, 0.3) is 0 Å². The van der Waals surface area contributed by atoms with Gasteiger partial charge >= 0.3 is 0 Å². The maximum Gasteiger partial charge on any atom is 0.123 e. The van der Waals surface area contributed by atoms with Gasteiger partial charge in [-0.2, -0.15) is 0 Å². The molecule has 2 rings (SSSR count). The quantitative estimate of drug-likeness (QED) is 0.764. The van der Waals surface area contributed by atoms with Crippen molar-refractivity contribution in [1.29, 1.82) is 0 Å². The zero-order valence-corrected chi connectivity index (χ0v) is 9.82. The van der Waals surface area contributed by atoms with Gasteiger partial charge in [-0.25, -0.2) is 4.39 Å². The van der Waals surface area contributed by atoms with Crippen molar-refractivity contribution in [2.75, 3.05) is 19.7 Å². The van der Waals surface area contributed by atoms with Crippen LogP contribution in [0, 0.1) is 5.82 Å². The number of morpholine rings is 1. The lowest BCUT2D eigenvalue weighted by molar-refractivity contribution is -0.0319. The molecule has 0 spiro atoms. The van der Waals surface area contributed by atoms with Gasteiger partial charge in [-0.1, -0.05) is 12.1 Å². The molecule has 2 atom stereocenters. The Morgan fingerprint density at radius 2 is 2.06 bits per heavy atom. The molecule has 1 saturated heterocycles. The molecule has 2 nitrogen and oxygen atoms in total. The second kappa shape index (κ2) is 4.93. The maximum absolute atomic E-state index is 12.8. The molecule has 0 aliphatic carbocycles. The Kier molecular flexibility index (Phi) is 3.56. The first-order chi connectivity index (χ1) is 7.66. The third-order valence-electron chi connectivity index (χ3n) is 3.17. The lowest BCUT2D eigenvalue weighted by Crippen LogP contribution is -2.42. The van der Waals surface area contributed by atoms with Crippen molar-refractivity contribution in [3.63, 3.8) is 0 Å². The third kappa shape index (κ3) is 2.60. The summed E-state index contributed by atoms with van der Waals surface area (Å²) in [5, 5.41) is 0. The number of nitrogens with zero attached hydrogens (tertiary/aromatic N) is 1. The molecule has 0 N–H and O–H groups in total. The molecule has 1 heterocycles. The molecular formula is C13H18FNO. The Bertz CT molecular complexity index is 338. The molecule has 0 bridgehead atoms. The van der Waals surface area contributed by atoms with Crippen molar-refractivity contribution in [3.8, 4) is 0 Å². The van der Waals surface area contributed by atoms with Gasteiger partial charge in [0, 0.05) is 19.1 Å². The summed E-state index contributed by atoms with van der Waals surface area (Å²) in [6.07, 6.45) is 0.289. The molecular weight excluding hydrogens is 205 g/mol. The van der Waals surface area contributed by atoms with Gasteiger partial charge in [0.2, 0.25) is 0 Å². The second-order valence-corrected chi connectivity index (χ2v) is 4.40. The summed E-state index contributed by atoms with van der Waals surface area (Å²) in [5.41, 5.74) is 1.16. The number of hydrogen-bond acceptors (Lipinski definition) is 2. The first-order valence-corrected chi connectivity index (χ1v) is 5.78. The number of halogens is 1. The van der Waals surface area contributed by atoms with Crippen LogP contribution in [-0.2, 0) is 4.74 Å². The second-order valence-electron chi connectivity index (χ2n) is 4.40. The van der Waals surface area contributed by atoms with E-state index >= 15 is 0 Å². The molecule has 1 aliphatic heterocycles. The highest BCUT2D eigenvalue weighted by Crippen LogP contribution is 2.22. The molecule has 1 aromatic rings. The monoisotopic (exact) mass is 223 g/mol. The number of ether oxygens (including phenoxy) is 1. The summed E-state index contributed by atoms with van der Waals surface area (Å²) in [7, 11) is 0. The highest BCUT2D eigenvalue weighted by Gasteiger charge is 2.22. The molecule has 1 aromatic carbocycles.